The molecule has 1 rings (SSSR count). The summed E-state index contributed by atoms with van der Waals surface area (Å²) in [7, 11) is -2.92. The molecule has 0 aromatic rings. The summed E-state index contributed by atoms with van der Waals surface area (Å²) >= 11 is 0. The lowest BCUT2D eigenvalue weighted by molar-refractivity contribution is -0.123. The van der Waals surface area contributed by atoms with Gasteiger partial charge in [-0.25, -0.2) is 8.42 Å². The highest BCUT2D eigenvalue weighted by Gasteiger charge is 2.29. The second-order valence-electron chi connectivity index (χ2n) is 5.07. The summed E-state index contributed by atoms with van der Waals surface area (Å²) in [6.45, 7) is 3.74. The third-order valence-corrected chi connectivity index (χ3v) is 4.99. The van der Waals surface area contributed by atoms with Gasteiger partial charge in [-0.05, 0) is 18.3 Å². The second kappa shape index (κ2) is 5.82. The molecule has 1 fully saturated rings. The van der Waals surface area contributed by atoms with Crippen LogP contribution in [0.2, 0.25) is 0 Å². The minimum atomic E-state index is -2.92. The fourth-order valence-electron chi connectivity index (χ4n) is 1.98. The molecule has 100 valence electrons. The maximum Gasteiger partial charge on any atom is 0.220 e. The Labute approximate surface area is 103 Å². The van der Waals surface area contributed by atoms with Crippen LogP contribution in [0.1, 0.15) is 26.7 Å². The fourth-order valence-corrected chi connectivity index (χ4v) is 3.85. The molecule has 0 aliphatic carbocycles. The molecular weight excluding hydrogens is 242 g/mol. The number of carbonyl (C=O) groups excluding carboxylic acids is 1. The number of hydrogen-bond donors (Lipinski definition) is 2. The van der Waals surface area contributed by atoms with Crippen molar-refractivity contribution in [3.05, 3.63) is 0 Å². The van der Waals surface area contributed by atoms with E-state index in [1.165, 1.54) is 0 Å². The van der Waals surface area contributed by atoms with Crippen molar-refractivity contribution in [1.29, 1.82) is 0 Å². The maximum atomic E-state index is 11.7. The molecule has 0 aromatic heterocycles. The molecule has 1 heterocycles. The first-order chi connectivity index (χ1) is 7.84. The number of aliphatic hydroxyl groups excluding tert-OH is 1. The number of nitrogens with one attached hydrogen (secondary N) is 1. The quantitative estimate of drug-likeness (QED) is 0.728. The van der Waals surface area contributed by atoms with Crippen molar-refractivity contribution in [2.24, 2.45) is 11.8 Å². The summed E-state index contributed by atoms with van der Waals surface area (Å²) in [5.74, 6) is 0.243. The highest BCUT2D eigenvalue weighted by Crippen LogP contribution is 2.21. The summed E-state index contributed by atoms with van der Waals surface area (Å²) in [6.07, 6.45) is 0.809. The highest BCUT2D eigenvalue weighted by atomic mass is 32.2. The number of carbonyl (C=O) groups is 1. The van der Waals surface area contributed by atoms with Crippen molar-refractivity contribution in [2.75, 3.05) is 18.1 Å². The molecule has 17 heavy (non-hydrogen) atoms. The average Bonchev–Trinajstić information content (AvgIpc) is 2.54. The summed E-state index contributed by atoms with van der Waals surface area (Å²) in [4.78, 5) is 11.7. The van der Waals surface area contributed by atoms with Gasteiger partial charge in [-0.15, -0.1) is 0 Å². The van der Waals surface area contributed by atoms with Crippen LogP contribution in [0, 0.1) is 11.8 Å². The molecule has 0 saturated carbocycles. The van der Waals surface area contributed by atoms with Gasteiger partial charge >= 0.3 is 0 Å². The van der Waals surface area contributed by atoms with Crippen LogP contribution in [0.5, 0.6) is 0 Å². The molecule has 1 amide bonds. The van der Waals surface area contributed by atoms with Gasteiger partial charge < -0.3 is 10.4 Å². The van der Waals surface area contributed by atoms with E-state index in [0.29, 0.717) is 6.42 Å². The Bertz CT molecular complexity index is 364. The van der Waals surface area contributed by atoms with Crippen LogP contribution in [0.3, 0.4) is 0 Å². The van der Waals surface area contributed by atoms with Crippen molar-refractivity contribution in [3.8, 4) is 0 Å². The first-order valence-corrected chi connectivity index (χ1v) is 7.77. The van der Waals surface area contributed by atoms with Crippen molar-refractivity contribution in [1.82, 2.24) is 5.32 Å². The molecule has 0 radical (unpaired) electrons. The topological polar surface area (TPSA) is 83.5 Å². The summed E-state index contributed by atoms with van der Waals surface area (Å²) < 4.78 is 22.5. The number of aliphatic hydroxyl groups is 1. The van der Waals surface area contributed by atoms with Crippen molar-refractivity contribution in [2.45, 2.75) is 32.7 Å². The molecule has 0 bridgehead atoms. The van der Waals surface area contributed by atoms with Crippen molar-refractivity contribution >= 4 is 15.7 Å². The zero-order valence-corrected chi connectivity index (χ0v) is 11.2. The Balaban J connectivity index is 2.40. The minimum absolute atomic E-state index is 0.0634. The molecule has 1 aliphatic heterocycles. The van der Waals surface area contributed by atoms with Gasteiger partial charge in [0, 0.05) is 6.42 Å². The van der Waals surface area contributed by atoms with E-state index < -0.39 is 9.84 Å². The van der Waals surface area contributed by atoms with E-state index in [0.717, 1.165) is 0 Å². The third kappa shape index (κ3) is 4.63. The van der Waals surface area contributed by atoms with Gasteiger partial charge in [-0.3, -0.25) is 4.79 Å². The number of rotatable bonds is 5. The van der Waals surface area contributed by atoms with Gasteiger partial charge in [-0.2, -0.15) is 0 Å². The van der Waals surface area contributed by atoms with Gasteiger partial charge in [0.25, 0.3) is 0 Å². The molecule has 1 aliphatic rings. The predicted octanol–water partition coefficient (Wildman–Crippen LogP) is -0.0557. The van der Waals surface area contributed by atoms with E-state index in [1.54, 1.807) is 0 Å². The van der Waals surface area contributed by atoms with Gasteiger partial charge in [0.15, 0.2) is 9.84 Å². The lowest BCUT2D eigenvalue weighted by Gasteiger charge is -2.20. The lowest BCUT2D eigenvalue weighted by atomic mass is 10.0. The van der Waals surface area contributed by atoms with Crippen molar-refractivity contribution in [3.63, 3.8) is 0 Å². The molecule has 2 atom stereocenters. The van der Waals surface area contributed by atoms with Crippen LogP contribution in [0.25, 0.3) is 0 Å². The van der Waals surface area contributed by atoms with E-state index in [-0.39, 0.29) is 48.3 Å². The zero-order chi connectivity index (χ0) is 13.1. The lowest BCUT2D eigenvalue weighted by Crippen LogP contribution is -2.41. The Kier molecular flexibility index (Phi) is 4.94. The first kappa shape index (κ1) is 14.4. The molecule has 1 unspecified atom stereocenters. The van der Waals surface area contributed by atoms with Crippen LogP contribution in [-0.2, 0) is 14.6 Å². The van der Waals surface area contributed by atoms with E-state index in [2.05, 4.69) is 5.32 Å². The Morgan fingerprint density at radius 3 is 2.53 bits per heavy atom. The van der Waals surface area contributed by atoms with Crippen molar-refractivity contribution < 1.29 is 18.3 Å². The molecule has 6 heteroatoms. The smallest absolute Gasteiger partial charge is 0.220 e. The summed E-state index contributed by atoms with van der Waals surface area (Å²) in [5, 5.41) is 11.8. The molecular formula is C11H21NO4S. The van der Waals surface area contributed by atoms with Crippen LogP contribution < -0.4 is 5.32 Å². The van der Waals surface area contributed by atoms with Gasteiger partial charge in [0.05, 0.1) is 24.2 Å². The van der Waals surface area contributed by atoms with Crippen LogP contribution in [0.15, 0.2) is 0 Å². The van der Waals surface area contributed by atoms with E-state index in [4.69, 9.17) is 5.11 Å². The van der Waals surface area contributed by atoms with Crippen LogP contribution >= 0.6 is 0 Å². The summed E-state index contributed by atoms with van der Waals surface area (Å²) in [6, 6.07) is -0.250. The Hall–Kier alpha value is -0.620. The standard InChI is InChI=1S/C11H21NO4S/c1-8(2)10(6-13)12-11(14)5-9-3-4-17(15,16)7-9/h8-10,13H,3-7H2,1-2H3,(H,12,14)/t9?,10-/m1/s1. The average molecular weight is 263 g/mol. The normalized spacial score (nSPS) is 24.8. The molecule has 2 N–H and O–H groups in total. The largest absolute Gasteiger partial charge is 0.394 e. The second-order valence-corrected chi connectivity index (χ2v) is 7.30. The van der Waals surface area contributed by atoms with Gasteiger partial charge in [0.2, 0.25) is 5.91 Å². The Morgan fingerprint density at radius 2 is 2.12 bits per heavy atom. The van der Waals surface area contributed by atoms with E-state index in [9.17, 15) is 13.2 Å². The first-order valence-electron chi connectivity index (χ1n) is 5.94. The molecule has 0 spiro atoms. The van der Waals surface area contributed by atoms with E-state index >= 15 is 0 Å². The monoisotopic (exact) mass is 263 g/mol. The number of sulfone groups is 1. The van der Waals surface area contributed by atoms with E-state index in [1.807, 2.05) is 13.8 Å². The van der Waals surface area contributed by atoms with Crippen LogP contribution in [0.4, 0.5) is 0 Å². The zero-order valence-electron chi connectivity index (χ0n) is 10.3. The summed E-state index contributed by atoms with van der Waals surface area (Å²) in [5.41, 5.74) is 0. The predicted molar refractivity (Wildman–Crippen MR) is 65.2 cm³/mol. The molecule has 0 aromatic carbocycles. The molecule has 1 saturated heterocycles. The third-order valence-electron chi connectivity index (χ3n) is 3.15. The Morgan fingerprint density at radius 1 is 1.47 bits per heavy atom. The van der Waals surface area contributed by atoms with Gasteiger partial charge in [0.1, 0.15) is 0 Å². The highest BCUT2D eigenvalue weighted by molar-refractivity contribution is 7.91. The fraction of sp³-hybridized carbons (Fsp3) is 0.909. The molecule has 5 nitrogen and oxygen atoms in total. The number of amides is 1. The maximum absolute atomic E-state index is 11.7. The van der Waals surface area contributed by atoms with Gasteiger partial charge in [-0.1, -0.05) is 13.8 Å². The number of hydrogen-bond acceptors (Lipinski definition) is 4. The van der Waals surface area contributed by atoms with Crippen LogP contribution in [-0.4, -0.2) is 43.6 Å². The SMILES string of the molecule is CC(C)[C@@H](CO)NC(=O)CC1CCS(=O)(=O)C1. The minimum Gasteiger partial charge on any atom is -0.394 e.